The number of unbranched alkanes of at least 4 members (excludes halogenated alkanes) is 4. The lowest BCUT2D eigenvalue weighted by Crippen LogP contribution is -2.47. The highest BCUT2D eigenvalue weighted by atomic mass is 28.4. The first-order valence-corrected chi connectivity index (χ1v) is 24.6. The minimum atomic E-state index is -2.34. The van der Waals surface area contributed by atoms with Crippen molar-refractivity contribution in [3.05, 3.63) is 17.2 Å². The van der Waals surface area contributed by atoms with Gasteiger partial charge in [0.05, 0.1) is 11.1 Å². The second kappa shape index (κ2) is 12.4. The molecule has 0 spiro atoms. The maximum Gasteiger partial charge on any atom is 0.339 e. The Balaban J connectivity index is 2.87. The van der Waals surface area contributed by atoms with Crippen LogP contribution in [0.1, 0.15) is 130 Å². The molecule has 0 N–H and O–H groups in total. The van der Waals surface area contributed by atoms with E-state index in [1.165, 1.54) is 19.3 Å². The summed E-state index contributed by atoms with van der Waals surface area (Å²) in [6, 6.07) is 1.91. The summed E-state index contributed by atoms with van der Waals surface area (Å²) < 4.78 is 27.5. The SMILES string of the molecule is CCCCCCC[C@@H]1OC(=O)c2cc(O[Si](C)(C)C(C)(C)C)c(O[Si](C)(C)C(C)(C)C)c(O[Si](C)(C)C(C)(C)C)c21. The van der Waals surface area contributed by atoms with Gasteiger partial charge in [-0.1, -0.05) is 94.9 Å². The molecule has 41 heavy (non-hydrogen) atoms. The van der Waals surface area contributed by atoms with Crippen molar-refractivity contribution in [2.45, 2.75) is 168 Å². The summed E-state index contributed by atoms with van der Waals surface area (Å²) in [7, 11) is -6.94. The van der Waals surface area contributed by atoms with Gasteiger partial charge in [-0.25, -0.2) is 4.79 Å². The van der Waals surface area contributed by atoms with Gasteiger partial charge < -0.3 is 18.0 Å². The molecular formula is C33H62O5Si3. The largest absolute Gasteiger partial charge is 0.541 e. The van der Waals surface area contributed by atoms with E-state index < -0.39 is 25.0 Å². The number of cyclic esters (lactones) is 1. The Labute approximate surface area is 255 Å². The third-order valence-corrected chi connectivity index (χ3v) is 23.1. The van der Waals surface area contributed by atoms with Gasteiger partial charge in [0.2, 0.25) is 0 Å². The van der Waals surface area contributed by atoms with Gasteiger partial charge in [-0.15, -0.1) is 0 Å². The van der Waals surface area contributed by atoms with Crippen molar-refractivity contribution in [3.8, 4) is 17.2 Å². The van der Waals surface area contributed by atoms with Crippen LogP contribution < -0.4 is 13.3 Å². The van der Waals surface area contributed by atoms with E-state index >= 15 is 0 Å². The molecular weight excluding hydrogens is 561 g/mol. The molecule has 236 valence electrons. The van der Waals surface area contributed by atoms with E-state index in [-0.39, 0.29) is 27.2 Å². The number of hydrogen-bond donors (Lipinski definition) is 0. The molecule has 0 aromatic heterocycles. The van der Waals surface area contributed by atoms with E-state index in [4.69, 9.17) is 18.0 Å². The molecule has 8 heteroatoms. The highest BCUT2D eigenvalue weighted by Crippen LogP contribution is 2.55. The number of carbonyl (C=O) groups excluding carboxylic acids is 1. The first kappa shape index (κ1) is 35.9. The monoisotopic (exact) mass is 622 g/mol. The molecule has 5 nitrogen and oxygen atoms in total. The van der Waals surface area contributed by atoms with E-state index in [9.17, 15) is 4.79 Å². The zero-order valence-electron chi connectivity index (χ0n) is 29.4. The molecule has 0 bridgehead atoms. The van der Waals surface area contributed by atoms with Crippen LogP contribution in [0.4, 0.5) is 0 Å². The zero-order chi connectivity index (χ0) is 31.8. The van der Waals surface area contributed by atoms with Crippen molar-refractivity contribution in [2.75, 3.05) is 0 Å². The molecule has 1 aliphatic rings. The van der Waals surface area contributed by atoms with Gasteiger partial charge in [0.25, 0.3) is 25.0 Å². The minimum absolute atomic E-state index is 0.0256. The lowest BCUT2D eigenvalue weighted by molar-refractivity contribution is 0.0361. The highest BCUT2D eigenvalue weighted by Gasteiger charge is 2.48. The van der Waals surface area contributed by atoms with Gasteiger partial charge in [0.1, 0.15) is 11.9 Å². The van der Waals surface area contributed by atoms with Crippen LogP contribution in [0.3, 0.4) is 0 Å². The molecule has 2 rings (SSSR count). The van der Waals surface area contributed by atoms with Crippen LogP contribution in [0.5, 0.6) is 17.2 Å². The van der Waals surface area contributed by atoms with Crippen molar-refractivity contribution < 1.29 is 22.8 Å². The van der Waals surface area contributed by atoms with Crippen molar-refractivity contribution in [3.63, 3.8) is 0 Å². The number of carbonyl (C=O) groups is 1. The molecule has 0 saturated heterocycles. The summed E-state index contributed by atoms with van der Waals surface area (Å²) in [6.07, 6.45) is 6.25. The van der Waals surface area contributed by atoms with Crippen molar-refractivity contribution in [2.24, 2.45) is 0 Å². The molecule has 0 fully saturated rings. The molecule has 0 saturated carbocycles. The first-order chi connectivity index (χ1) is 18.4. The van der Waals surface area contributed by atoms with Gasteiger partial charge in [0.15, 0.2) is 11.5 Å². The zero-order valence-corrected chi connectivity index (χ0v) is 32.4. The summed E-state index contributed by atoms with van der Waals surface area (Å²) in [6.45, 7) is 35.9. The van der Waals surface area contributed by atoms with Crippen molar-refractivity contribution in [1.29, 1.82) is 0 Å². The molecule has 0 unspecified atom stereocenters. The van der Waals surface area contributed by atoms with Gasteiger partial charge in [0, 0.05) is 0 Å². The topological polar surface area (TPSA) is 54.0 Å². The van der Waals surface area contributed by atoms with Gasteiger partial charge >= 0.3 is 5.97 Å². The standard InChI is InChI=1S/C33H62O5Si3/c1-17-18-19-20-21-22-25-27-24(30(34)35-25)23-26(36-39(11,12)31(2,3)4)28(37-40(13,14)32(5,6)7)29(27)38-41(15,16)33(8,9)10/h23,25H,17-22H2,1-16H3/t25-/m0/s1. The number of hydrogen-bond acceptors (Lipinski definition) is 5. The van der Waals surface area contributed by atoms with Gasteiger partial charge in [-0.05, 0) is 73.3 Å². The lowest BCUT2D eigenvalue weighted by atomic mass is 9.98. The van der Waals surface area contributed by atoms with E-state index in [0.717, 1.165) is 24.8 Å². The smallest absolute Gasteiger partial charge is 0.339 e. The van der Waals surface area contributed by atoms with Crippen LogP contribution in [-0.4, -0.2) is 30.9 Å². The van der Waals surface area contributed by atoms with Gasteiger partial charge in [-0.2, -0.15) is 0 Å². The van der Waals surface area contributed by atoms with E-state index in [1.807, 2.05) is 6.07 Å². The molecule has 0 radical (unpaired) electrons. The third kappa shape index (κ3) is 8.22. The average molecular weight is 623 g/mol. The van der Waals surface area contributed by atoms with Crippen LogP contribution in [0.25, 0.3) is 0 Å². The molecule has 1 atom stereocenters. The number of esters is 1. The van der Waals surface area contributed by atoms with Crippen LogP contribution in [0.15, 0.2) is 6.07 Å². The van der Waals surface area contributed by atoms with Crippen molar-refractivity contribution in [1.82, 2.24) is 0 Å². The second-order valence-corrected chi connectivity index (χ2v) is 30.9. The second-order valence-electron chi connectivity index (χ2n) is 16.7. The van der Waals surface area contributed by atoms with Crippen LogP contribution in [0, 0.1) is 0 Å². The minimum Gasteiger partial charge on any atom is -0.541 e. The van der Waals surface area contributed by atoms with Crippen LogP contribution >= 0.6 is 0 Å². The summed E-state index contributed by atoms with van der Waals surface area (Å²) >= 11 is 0. The first-order valence-electron chi connectivity index (χ1n) is 15.9. The number of rotatable bonds is 12. The maximum absolute atomic E-state index is 13.5. The van der Waals surface area contributed by atoms with E-state index in [2.05, 4.69) is 109 Å². The molecule has 1 aliphatic heterocycles. The Hall–Kier alpha value is -1.26. The summed E-state index contributed by atoms with van der Waals surface area (Å²) in [5, 5.41) is -0.0920. The Bertz CT molecular complexity index is 1070. The normalized spacial score (nSPS) is 16.9. The predicted octanol–water partition coefficient (Wildman–Crippen LogP) is 11.4. The summed E-state index contributed by atoms with van der Waals surface area (Å²) in [5.74, 6) is 1.73. The fourth-order valence-corrected chi connectivity index (χ4v) is 7.06. The fraction of sp³-hybridized carbons (Fsp3) is 0.788. The Morgan fingerprint density at radius 1 is 0.683 bits per heavy atom. The van der Waals surface area contributed by atoms with Crippen molar-refractivity contribution >= 4 is 30.9 Å². The van der Waals surface area contributed by atoms with Crippen LogP contribution in [-0.2, 0) is 4.74 Å². The van der Waals surface area contributed by atoms with Crippen LogP contribution in [0.2, 0.25) is 54.4 Å². The molecule has 1 heterocycles. The molecule has 0 amide bonds. The quantitative estimate of drug-likeness (QED) is 0.132. The predicted molar refractivity (Wildman–Crippen MR) is 181 cm³/mol. The maximum atomic E-state index is 13.5. The molecule has 1 aromatic rings. The average Bonchev–Trinajstić information content (AvgIpc) is 3.08. The Morgan fingerprint density at radius 2 is 1.12 bits per heavy atom. The Morgan fingerprint density at radius 3 is 1.59 bits per heavy atom. The fourth-order valence-electron chi connectivity index (χ4n) is 4.03. The third-order valence-electron chi connectivity index (χ3n) is 10.1. The summed E-state index contributed by atoms with van der Waals surface area (Å²) in [4.78, 5) is 13.5. The van der Waals surface area contributed by atoms with E-state index in [1.54, 1.807) is 0 Å². The lowest BCUT2D eigenvalue weighted by Gasteiger charge is -2.42. The summed E-state index contributed by atoms with van der Waals surface area (Å²) in [5.41, 5.74) is 1.44. The van der Waals surface area contributed by atoms with E-state index in [0.29, 0.717) is 22.8 Å². The Kier molecular flexibility index (Phi) is 10.9. The van der Waals surface area contributed by atoms with Gasteiger partial charge in [-0.3, -0.25) is 0 Å². The highest BCUT2D eigenvalue weighted by molar-refractivity contribution is 6.76. The number of benzene rings is 1. The molecule has 1 aromatic carbocycles. The number of ether oxygens (including phenoxy) is 1. The molecule has 0 aliphatic carbocycles. The number of fused-ring (bicyclic) bond motifs is 1.